The van der Waals surface area contributed by atoms with E-state index in [2.05, 4.69) is 12.2 Å². The van der Waals surface area contributed by atoms with Crippen molar-refractivity contribution in [1.29, 1.82) is 0 Å². The van der Waals surface area contributed by atoms with Gasteiger partial charge in [-0.1, -0.05) is 41.4 Å². The molecule has 2 rings (SSSR count). The molecule has 0 radical (unpaired) electrons. The van der Waals surface area contributed by atoms with Gasteiger partial charge < -0.3 is 10.8 Å². The zero-order valence-electron chi connectivity index (χ0n) is 10.1. The van der Waals surface area contributed by atoms with E-state index in [1.165, 1.54) is 0 Å². The number of rotatable bonds is 3. The van der Waals surface area contributed by atoms with Gasteiger partial charge in [0.05, 0.1) is 16.7 Å². The zero-order chi connectivity index (χ0) is 13.2. The molecule has 2 atom stereocenters. The predicted molar refractivity (Wildman–Crippen MR) is 76.1 cm³/mol. The average Bonchev–Trinajstić information content (AvgIpc) is 2.41. The molecule has 18 heavy (non-hydrogen) atoms. The van der Waals surface area contributed by atoms with Gasteiger partial charge >= 0.3 is 0 Å². The smallest absolute Gasteiger partial charge is 0.0595 e. The fourth-order valence-electron chi connectivity index (χ4n) is 2.71. The summed E-state index contributed by atoms with van der Waals surface area (Å²) >= 11 is 12.0. The molecule has 0 saturated carbocycles. The van der Waals surface area contributed by atoms with Crippen LogP contribution in [0.4, 0.5) is 0 Å². The van der Waals surface area contributed by atoms with Crippen molar-refractivity contribution in [3.63, 3.8) is 0 Å². The van der Waals surface area contributed by atoms with E-state index in [1.807, 2.05) is 12.1 Å². The zero-order valence-corrected chi connectivity index (χ0v) is 11.6. The first-order valence-electron chi connectivity index (χ1n) is 6.05. The van der Waals surface area contributed by atoms with E-state index in [0.29, 0.717) is 16.6 Å². The molecule has 2 nitrogen and oxygen atoms in total. The number of hydrogen-bond acceptors (Lipinski definition) is 2. The van der Waals surface area contributed by atoms with Gasteiger partial charge in [0.15, 0.2) is 0 Å². The molecule has 0 unspecified atom stereocenters. The Balaban J connectivity index is 2.47. The number of halogens is 2. The fraction of sp³-hybridized carbons (Fsp3) is 0.429. The third-order valence-electron chi connectivity index (χ3n) is 3.91. The van der Waals surface area contributed by atoms with Crippen molar-refractivity contribution in [3.05, 3.63) is 46.0 Å². The summed E-state index contributed by atoms with van der Waals surface area (Å²) in [7, 11) is 0. The highest BCUT2D eigenvalue weighted by Crippen LogP contribution is 2.42. The van der Waals surface area contributed by atoms with Crippen LogP contribution in [0.15, 0.2) is 30.4 Å². The highest BCUT2D eigenvalue weighted by molar-refractivity contribution is 6.42. The van der Waals surface area contributed by atoms with E-state index in [-0.39, 0.29) is 17.9 Å². The average molecular weight is 286 g/mol. The van der Waals surface area contributed by atoms with Gasteiger partial charge in [-0.25, -0.2) is 0 Å². The SMILES string of the molecule is NC[C@H]1CC=CC[C@@]1(CO)c1ccc(Cl)c(Cl)c1. The van der Waals surface area contributed by atoms with Crippen molar-refractivity contribution in [2.45, 2.75) is 18.3 Å². The Morgan fingerprint density at radius 1 is 1.28 bits per heavy atom. The summed E-state index contributed by atoms with van der Waals surface area (Å²) in [4.78, 5) is 0. The fourth-order valence-corrected chi connectivity index (χ4v) is 3.01. The Bertz CT molecular complexity index is 461. The van der Waals surface area contributed by atoms with E-state index in [0.717, 1.165) is 18.4 Å². The maximum atomic E-state index is 9.89. The molecular weight excluding hydrogens is 269 g/mol. The van der Waals surface area contributed by atoms with Crippen LogP contribution < -0.4 is 5.73 Å². The molecule has 98 valence electrons. The Hall–Kier alpha value is -0.540. The van der Waals surface area contributed by atoms with E-state index < -0.39 is 0 Å². The van der Waals surface area contributed by atoms with Gasteiger partial charge in [-0.2, -0.15) is 0 Å². The van der Waals surface area contributed by atoms with E-state index in [4.69, 9.17) is 28.9 Å². The Kier molecular flexibility index (Phi) is 4.33. The van der Waals surface area contributed by atoms with Crippen molar-refractivity contribution < 1.29 is 5.11 Å². The minimum absolute atomic E-state index is 0.0666. The van der Waals surface area contributed by atoms with Crippen molar-refractivity contribution in [1.82, 2.24) is 0 Å². The second-order valence-electron chi connectivity index (χ2n) is 4.79. The molecule has 1 aromatic carbocycles. The lowest BCUT2D eigenvalue weighted by Crippen LogP contribution is -2.43. The highest BCUT2D eigenvalue weighted by Gasteiger charge is 2.39. The number of aliphatic hydroxyl groups is 1. The topological polar surface area (TPSA) is 46.2 Å². The van der Waals surface area contributed by atoms with Gasteiger partial charge in [0, 0.05) is 5.41 Å². The Morgan fingerprint density at radius 2 is 2.06 bits per heavy atom. The van der Waals surface area contributed by atoms with Crippen LogP contribution in [0.5, 0.6) is 0 Å². The molecule has 0 spiro atoms. The van der Waals surface area contributed by atoms with Crippen molar-refractivity contribution in [3.8, 4) is 0 Å². The predicted octanol–water partition coefficient (Wildman–Crippen LogP) is 3.15. The van der Waals surface area contributed by atoms with Gasteiger partial charge in [-0.05, 0) is 43.0 Å². The lowest BCUT2D eigenvalue weighted by Gasteiger charge is -2.41. The first-order valence-corrected chi connectivity index (χ1v) is 6.81. The van der Waals surface area contributed by atoms with Gasteiger partial charge in [-0.3, -0.25) is 0 Å². The number of benzene rings is 1. The molecule has 0 heterocycles. The van der Waals surface area contributed by atoms with Crippen LogP contribution in [-0.4, -0.2) is 18.3 Å². The minimum Gasteiger partial charge on any atom is -0.395 e. The minimum atomic E-state index is -0.336. The van der Waals surface area contributed by atoms with E-state index >= 15 is 0 Å². The molecule has 0 aliphatic heterocycles. The second kappa shape index (κ2) is 5.62. The maximum Gasteiger partial charge on any atom is 0.0595 e. The lowest BCUT2D eigenvalue weighted by atomic mass is 9.65. The van der Waals surface area contributed by atoms with Crippen LogP contribution in [0, 0.1) is 5.92 Å². The van der Waals surface area contributed by atoms with Crippen LogP contribution in [0.2, 0.25) is 10.0 Å². The number of aliphatic hydroxyl groups excluding tert-OH is 1. The normalized spacial score (nSPS) is 27.4. The molecular formula is C14H17Cl2NO. The number of hydrogen-bond donors (Lipinski definition) is 2. The first kappa shape index (κ1) is 13.9. The molecule has 0 amide bonds. The second-order valence-corrected chi connectivity index (χ2v) is 5.60. The highest BCUT2D eigenvalue weighted by atomic mass is 35.5. The summed E-state index contributed by atoms with van der Waals surface area (Å²) < 4.78 is 0. The molecule has 0 fully saturated rings. The summed E-state index contributed by atoms with van der Waals surface area (Å²) in [5.41, 5.74) is 6.53. The molecule has 0 bridgehead atoms. The quantitative estimate of drug-likeness (QED) is 0.838. The summed E-state index contributed by atoms with van der Waals surface area (Å²) in [5.74, 6) is 0.227. The lowest BCUT2D eigenvalue weighted by molar-refractivity contribution is 0.134. The molecule has 0 saturated heterocycles. The third kappa shape index (κ3) is 2.30. The summed E-state index contributed by atoms with van der Waals surface area (Å²) in [6.45, 7) is 0.613. The van der Waals surface area contributed by atoms with Crippen LogP contribution >= 0.6 is 23.2 Å². The molecule has 1 aliphatic rings. The first-order chi connectivity index (χ1) is 8.64. The molecule has 3 N–H and O–H groups in total. The van der Waals surface area contributed by atoms with Crippen LogP contribution in [0.25, 0.3) is 0 Å². The van der Waals surface area contributed by atoms with Gasteiger partial charge in [-0.15, -0.1) is 0 Å². The summed E-state index contributed by atoms with van der Waals surface area (Å²) in [6.07, 6.45) is 5.90. The van der Waals surface area contributed by atoms with Gasteiger partial charge in [0.2, 0.25) is 0 Å². The van der Waals surface area contributed by atoms with Crippen molar-refractivity contribution in [2.24, 2.45) is 11.7 Å². The molecule has 0 aromatic heterocycles. The number of allylic oxidation sites excluding steroid dienone is 2. The van der Waals surface area contributed by atoms with Crippen LogP contribution in [-0.2, 0) is 5.41 Å². The molecule has 4 heteroatoms. The van der Waals surface area contributed by atoms with Crippen LogP contribution in [0.1, 0.15) is 18.4 Å². The van der Waals surface area contributed by atoms with Gasteiger partial charge in [0.25, 0.3) is 0 Å². The van der Waals surface area contributed by atoms with E-state index in [9.17, 15) is 5.11 Å². The van der Waals surface area contributed by atoms with Crippen LogP contribution in [0.3, 0.4) is 0 Å². The maximum absolute atomic E-state index is 9.89. The molecule has 1 aromatic rings. The summed E-state index contributed by atoms with van der Waals surface area (Å²) in [5, 5.41) is 10.9. The van der Waals surface area contributed by atoms with Gasteiger partial charge in [0.1, 0.15) is 0 Å². The third-order valence-corrected chi connectivity index (χ3v) is 4.65. The standard InChI is InChI=1S/C14H17Cl2NO/c15-12-5-4-10(7-13(12)16)14(9-18)6-2-1-3-11(14)8-17/h1-2,4-5,7,11,18H,3,6,8-9,17H2/t11-,14-/m1/s1. The Labute approximate surface area is 117 Å². The monoisotopic (exact) mass is 285 g/mol. The number of nitrogens with two attached hydrogens (primary N) is 1. The summed E-state index contributed by atoms with van der Waals surface area (Å²) in [6, 6.07) is 5.57. The van der Waals surface area contributed by atoms with Crippen molar-refractivity contribution in [2.75, 3.05) is 13.2 Å². The van der Waals surface area contributed by atoms with Crippen molar-refractivity contribution >= 4 is 23.2 Å². The largest absolute Gasteiger partial charge is 0.395 e. The molecule has 1 aliphatic carbocycles. The Morgan fingerprint density at radius 3 is 2.67 bits per heavy atom. The van der Waals surface area contributed by atoms with E-state index in [1.54, 1.807) is 6.07 Å².